The normalized spacial score (nSPS) is 10.4. The van der Waals surface area contributed by atoms with Crippen molar-refractivity contribution in [1.29, 1.82) is 0 Å². The van der Waals surface area contributed by atoms with Crippen molar-refractivity contribution < 1.29 is 14.6 Å². The number of carbonyl (C=O) groups is 1. The molecule has 2 aromatic rings. The van der Waals surface area contributed by atoms with E-state index in [1.54, 1.807) is 7.05 Å². The molecule has 0 unspecified atom stereocenters. The molecule has 0 fully saturated rings. The molecule has 0 saturated heterocycles. The third kappa shape index (κ3) is 2.93. The van der Waals surface area contributed by atoms with Crippen LogP contribution in [0.2, 0.25) is 0 Å². The van der Waals surface area contributed by atoms with E-state index < -0.39 is 5.97 Å². The summed E-state index contributed by atoms with van der Waals surface area (Å²) in [6.45, 7) is 2.34. The lowest BCUT2D eigenvalue weighted by Crippen LogP contribution is -2.09. The van der Waals surface area contributed by atoms with Crippen molar-refractivity contribution >= 4 is 5.97 Å². The fraction of sp³-hybridized carbons (Fsp3) is 0.286. The quantitative estimate of drug-likeness (QED) is 0.895. The number of imidazole rings is 1. The van der Waals surface area contributed by atoms with Crippen molar-refractivity contribution in [2.24, 2.45) is 7.05 Å². The zero-order chi connectivity index (χ0) is 13.8. The second kappa shape index (κ2) is 5.56. The third-order valence-corrected chi connectivity index (χ3v) is 3.00. The van der Waals surface area contributed by atoms with Crippen molar-refractivity contribution in [3.63, 3.8) is 0 Å². The highest BCUT2D eigenvalue weighted by molar-refractivity contribution is 5.85. The molecule has 1 heterocycles. The van der Waals surface area contributed by atoms with Crippen molar-refractivity contribution in [3.8, 4) is 5.75 Å². The van der Waals surface area contributed by atoms with Gasteiger partial charge in [-0.1, -0.05) is 19.1 Å². The SMILES string of the molecule is CCc1ccc(OCc2ncc(C(=O)O)n2C)cc1. The zero-order valence-electron chi connectivity index (χ0n) is 11.0. The second-order valence-electron chi connectivity index (χ2n) is 4.21. The molecule has 0 aliphatic heterocycles. The Kier molecular flexibility index (Phi) is 3.85. The number of hydrogen-bond acceptors (Lipinski definition) is 3. The fourth-order valence-corrected chi connectivity index (χ4v) is 1.75. The number of nitrogens with zero attached hydrogens (tertiary/aromatic N) is 2. The number of aromatic carboxylic acids is 1. The summed E-state index contributed by atoms with van der Waals surface area (Å²) in [5, 5.41) is 8.92. The molecule has 0 saturated carbocycles. The van der Waals surface area contributed by atoms with Gasteiger partial charge in [-0.25, -0.2) is 9.78 Å². The van der Waals surface area contributed by atoms with Crippen LogP contribution < -0.4 is 4.74 Å². The molecule has 5 heteroatoms. The van der Waals surface area contributed by atoms with Gasteiger partial charge in [0.2, 0.25) is 0 Å². The lowest BCUT2D eigenvalue weighted by atomic mass is 10.2. The fourth-order valence-electron chi connectivity index (χ4n) is 1.75. The molecule has 0 amide bonds. The van der Waals surface area contributed by atoms with Crippen LogP contribution in [0.3, 0.4) is 0 Å². The van der Waals surface area contributed by atoms with Crippen molar-refractivity contribution in [3.05, 3.63) is 47.5 Å². The molecule has 2 rings (SSSR count). The molecular formula is C14H16N2O3. The molecule has 1 N–H and O–H groups in total. The molecule has 1 aromatic carbocycles. The van der Waals surface area contributed by atoms with Crippen LogP contribution in [0.1, 0.15) is 28.8 Å². The van der Waals surface area contributed by atoms with E-state index in [0.717, 1.165) is 12.2 Å². The van der Waals surface area contributed by atoms with Crippen LogP contribution in [0.15, 0.2) is 30.5 Å². The van der Waals surface area contributed by atoms with E-state index in [4.69, 9.17) is 9.84 Å². The summed E-state index contributed by atoms with van der Waals surface area (Å²) in [5.41, 5.74) is 1.40. The molecule has 1 aromatic heterocycles. The topological polar surface area (TPSA) is 64.3 Å². The van der Waals surface area contributed by atoms with Gasteiger partial charge >= 0.3 is 5.97 Å². The number of benzene rings is 1. The number of hydrogen-bond donors (Lipinski definition) is 1. The van der Waals surface area contributed by atoms with E-state index in [-0.39, 0.29) is 12.3 Å². The average Bonchev–Trinajstić information content (AvgIpc) is 2.78. The smallest absolute Gasteiger partial charge is 0.354 e. The minimum Gasteiger partial charge on any atom is -0.486 e. The minimum absolute atomic E-state index is 0.153. The van der Waals surface area contributed by atoms with Gasteiger partial charge in [-0.05, 0) is 24.1 Å². The monoisotopic (exact) mass is 260 g/mol. The summed E-state index contributed by atoms with van der Waals surface area (Å²) in [6.07, 6.45) is 2.32. The Balaban J connectivity index is 2.03. The number of aromatic nitrogens is 2. The lowest BCUT2D eigenvalue weighted by Gasteiger charge is -2.07. The highest BCUT2D eigenvalue weighted by Crippen LogP contribution is 2.14. The van der Waals surface area contributed by atoms with Crippen molar-refractivity contribution in [1.82, 2.24) is 9.55 Å². The van der Waals surface area contributed by atoms with Gasteiger partial charge in [-0.15, -0.1) is 0 Å². The van der Waals surface area contributed by atoms with Gasteiger partial charge in [0.15, 0.2) is 0 Å². The molecular weight excluding hydrogens is 244 g/mol. The molecule has 5 nitrogen and oxygen atoms in total. The first-order valence-corrected chi connectivity index (χ1v) is 6.07. The Morgan fingerprint density at radius 2 is 2.05 bits per heavy atom. The largest absolute Gasteiger partial charge is 0.486 e. The Bertz CT molecular complexity index is 573. The number of carboxylic acids is 1. The lowest BCUT2D eigenvalue weighted by molar-refractivity contribution is 0.0686. The maximum absolute atomic E-state index is 10.9. The van der Waals surface area contributed by atoms with Gasteiger partial charge < -0.3 is 14.4 Å². The van der Waals surface area contributed by atoms with Crippen LogP contribution in [-0.2, 0) is 20.1 Å². The van der Waals surface area contributed by atoms with E-state index in [1.807, 2.05) is 24.3 Å². The summed E-state index contributed by atoms with van der Waals surface area (Å²) >= 11 is 0. The number of ether oxygens (including phenoxy) is 1. The molecule has 0 bridgehead atoms. The Hall–Kier alpha value is -2.30. The second-order valence-corrected chi connectivity index (χ2v) is 4.21. The Labute approximate surface area is 111 Å². The summed E-state index contributed by atoms with van der Waals surface area (Å²) in [4.78, 5) is 14.9. The molecule has 0 aliphatic rings. The predicted octanol–water partition coefficient (Wildman–Crippen LogP) is 2.26. The van der Waals surface area contributed by atoms with Crippen molar-refractivity contribution in [2.75, 3.05) is 0 Å². The Morgan fingerprint density at radius 3 is 2.58 bits per heavy atom. The molecule has 0 aliphatic carbocycles. The van der Waals surface area contributed by atoms with Gasteiger partial charge in [-0.3, -0.25) is 0 Å². The number of carboxylic acid groups (broad SMARTS) is 1. The van der Waals surface area contributed by atoms with Gasteiger partial charge in [0, 0.05) is 7.05 Å². The van der Waals surface area contributed by atoms with E-state index in [9.17, 15) is 4.79 Å². The third-order valence-electron chi connectivity index (χ3n) is 3.00. The summed E-state index contributed by atoms with van der Waals surface area (Å²) in [6, 6.07) is 7.83. The van der Waals surface area contributed by atoms with Crippen LogP contribution in [0.4, 0.5) is 0 Å². The first kappa shape index (κ1) is 13.1. The summed E-state index contributed by atoms with van der Waals surface area (Å²) in [5.74, 6) is 0.336. The summed E-state index contributed by atoms with van der Waals surface area (Å²) < 4.78 is 7.11. The van der Waals surface area contributed by atoms with Crippen LogP contribution in [0.25, 0.3) is 0 Å². The van der Waals surface area contributed by atoms with Gasteiger partial charge in [0.05, 0.1) is 6.20 Å². The average molecular weight is 260 g/mol. The van der Waals surface area contributed by atoms with Crippen LogP contribution in [0, 0.1) is 0 Å². The van der Waals surface area contributed by atoms with Gasteiger partial charge in [0.1, 0.15) is 23.9 Å². The standard InChI is InChI=1S/C14H16N2O3/c1-3-10-4-6-11(7-5-10)19-9-13-15-8-12(14(17)18)16(13)2/h4-8H,3,9H2,1-2H3,(H,17,18). The maximum Gasteiger partial charge on any atom is 0.354 e. The minimum atomic E-state index is -0.992. The molecule has 100 valence electrons. The van der Waals surface area contributed by atoms with E-state index >= 15 is 0 Å². The van der Waals surface area contributed by atoms with Gasteiger partial charge in [0.25, 0.3) is 0 Å². The van der Waals surface area contributed by atoms with E-state index in [0.29, 0.717) is 5.82 Å². The maximum atomic E-state index is 10.9. The van der Waals surface area contributed by atoms with Crippen molar-refractivity contribution in [2.45, 2.75) is 20.0 Å². The predicted molar refractivity (Wildman–Crippen MR) is 70.3 cm³/mol. The molecule has 0 radical (unpaired) electrons. The number of rotatable bonds is 5. The molecule has 0 spiro atoms. The van der Waals surface area contributed by atoms with E-state index in [2.05, 4.69) is 11.9 Å². The first-order valence-electron chi connectivity index (χ1n) is 6.07. The van der Waals surface area contributed by atoms with E-state index in [1.165, 1.54) is 16.3 Å². The zero-order valence-corrected chi connectivity index (χ0v) is 11.0. The van der Waals surface area contributed by atoms with Crippen LogP contribution >= 0.6 is 0 Å². The molecule has 19 heavy (non-hydrogen) atoms. The Morgan fingerprint density at radius 1 is 1.37 bits per heavy atom. The highest BCUT2D eigenvalue weighted by Gasteiger charge is 2.12. The highest BCUT2D eigenvalue weighted by atomic mass is 16.5. The van der Waals surface area contributed by atoms with Crippen LogP contribution in [0.5, 0.6) is 5.75 Å². The number of aryl methyl sites for hydroxylation is 1. The summed E-state index contributed by atoms with van der Waals surface area (Å²) in [7, 11) is 1.66. The van der Waals surface area contributed by atoms with Gasteiger partial charge in [-0.2, -0.15) is 0 Å². The van der Waals surface area contributed by atoms with Crippen LogP contribution in [-0.4, -0.2) is 20.6 Å². The molecule has 0 atom stereocenters. The first-order chi connectivity index (χ1) is 9.11.